The van der Waals surface area contributed by atoms with Crippen molar-refractivity contribution in [2.45, 2.75) is 26.5 Å². The monoisotopic (exact) mass is 672 g/mol. The normalized spacial score (nSPS) is 14.3. The highest BCUT2D eigenvalue weighted by atomic mass is 35.5. The van der Waals surface area contributed by atoms with Gasteiger partial charge in [0.05, 0.1) is 22.5 Å². The molecular weight excluding hydrogens is 643 g/mol. The van der Waals surface area contributed by atoms with Crippen molar-refractivity contribution in [3.8, 4) is 28.1 Å². The summed E-state index contributed by atoms with van der Waals surface area (Å²) in [6.45, 7) is 4.22. The van der Waals surface area contributed by atoms with Crippen molar-refractivity contribution in [2.75, 3.05) is 10.8 Å². The van der Waals surface area contributed by atoms with Crippen LogP contribution in [0.15, 0.2) is 97.2 Å². The fourth-order valence-electron chi connectivity index (χ4n) is 5.14. The molecule has 5 aromatic rings. The molecule has 1 amide bonds. The van der Waals surface area contributed by atoms with Crippen LogP contribution in [-0.2, 0) is 21.5 Å². The molecule has 0 saturated carbocycles. The third kappa shape index (κ3) is 7.12. The van der Waals surface area contributed by atoms with Gasteiger partial charge >= 0.3 is 10.2 Å². The van der Waals surface area contributed by atoms with E-state index in [9.17, 15) is 13.2 Å². The van der Waals surface area contributed by atoms with Crippen LogP contribution in [-0.4, -0.2) is 36.5 Å². The number of carbonyl (C=O) groups is 1. The van der Waals surface area contributed by atoms with Crippen molar-refractivity contribution in [1.82, 2.24) is 14.3 Å². The minimum Gasteiger partial charge on any atom is -0.491 e. The number of ether oxygens (including phenoxy) is 1. The van der Waals surface area contributed by atoms with Crippen molar-refractivity contribution in [1.29, 1.82) is 0 Å². The molecule has 234 valence electrons. The van der Waals surface area contributed by atoms with Gasteiger partial charge in [-0.3, -0.25) is 4.79 Å². The summed E-state index contributed by atoms with van der Waals surface area (Å²) in [5, 5.41) is 1.03. The second-order valence-corrected chi connectivity index (χ2v) is 13.5. The summed E-state index contributed by atoms with van der Waals surface area (Å²) in [4.78, 5) is 16.6. The highest BCUT2D eigenvalue weighted by Crippen LogP contribution is 2.31. The molecule has 4 aromatic carbocycles. The summed E-state index contributed by atoms with van der Waals surface area (Å²) in [5.41, 5.74) is 5.91. The highest BCUT2D eigenvalue weighted by Gasteiger charge is 2.33. The van der Waals surface area contributed by atoms with Gasteiger partial charge in [0.15, 0.2) is 0 Å². The first-order chi connectivity index (χ1) is 22.0. The Morgan fingerprint density at radius 3 is 2.37 bits per heavy atom. The highest BCUT2D eigenvalue weighted by molar-refractivity contribution is 7.92. The maximum Gasteiger partial charge on any atom is 0.326 e. The fraction of sp³-hybridized carbons (Fsp3) is 0.143. The second kappa shape index (κ2) is 13.0. The Kier molecular flexibility index (Phi) is 8.90. The van der Waals surface area contributed by atoms with Gasteiger partial charge in [-0.2, -0.15) is 8.42 Å². The summed E-state index contributed by atoms with van der Waals surface area (Å²) in [6, 6.07) is 28.6. The molecule has 1 fully saturated rings. The lowest BCUT2D eigenvalue weighted by molar-refractivity contribution is -0.117. The molecule has 11 heteroatoms. The van der Waals surface area contributed by atoms with Gasteiger partial charge in [-0.25, -0.2) is 14.0 Å². The van der Waals surface area contributed by atoms with Gasteiger partial charge in [0.1, 0.15) is 18.1 Å². The summed E-state index contributed by atoms with van der Waals surface area (Å²) in [6.07, 6.45) is 5.97. The number of carbonyl (C=O) groups excluding carboxylic acids is 1. The molecule has 0 aliphatic carbocycles. The SMILES string of the molecule is CC(C)Oc1cccc(-c2ccc(C=Cc3nc(-c4ccc(Cl)cc4Cl)cn3Cc3ccc(N4CC(=O)NS4(=O)=O)cc3)cc2)c1. The Morgan fingerprint density at radius 2 is 1.70 bits per heavy atom. The number of hydrogen-bond donors (Lipinski definition) is 1. The molecule has 0 spiro atoms. The zero-order chi connectivity index (χ0) is 32.4. The number of nitrogens with zero attached hydrogens (tertiary/aromatic N) is 3. The average molecular weight is 674 g/mol. The fourth-order valence-corrected chi connectivity index (χ4v) is 6.79. The quantitative estimate of drug-likeness (QED) is 0.173. The van der Waals surface area contributed by atoms with Gasteiger partial charge < -0.3 is 9.30 Å². The van der Waals surface area contributed by atoms with E-state index in [0.717, 1.165) is 37.9 Å². The molecule has 1 aliphatic rings. The number of aromatic nitrogens is 2. The van der Waals surface area contributed by atoms with Crippen LogP contribution in [0.4, 0.5) is 5.69 Å². The molecule has 0 bridgehead atoms. The van der Waals surface area contributed by atoms with Gasteiger partial charge in [-0.1, -0.05) is 77.8 Å². The van der Waals surface area contributed by atoms with Gasteiger partial charge in [-0.15, -0.1) is 0 Å². The van der Waals surface area contributed by atoms with Crippen molar-refractivity contribution in [2.24, 2.45) is 0 Å². The van der Waals surface area contributed by atoms with E-state index in [1.165, 1.54) is 0 Å². The summed E-state index contributed by atoms with van der Waals surface area (Å²) in [5.74, 6) is 0.972. The van der Waals surface area contributed by atoms with Crippen LogP contribution in [0.3, 0.4) is 0 Å². The minimum atomic E-state index is -3.88. The standard InChI is InChI=1S/C35H30Cl2N4O4S/c1-23(2)45-30-5-3-4-27(18-30)26-11-6-24(7-12-26)10-17-34-38-33(31-16-13-28(36)19-32(31)37)21-40(34)20-25-8-14-29(15-9-25)41-22-35(42)39-46(41,43)44/h3-19,21,23H,20,22H2,1-2H3,(H,39,42). The molecule has 0 unspecified atom stereocenters. The second-order valence-electron chi connectivity index (χ2n) is 11.1. The Balaban J connectivity index is 1.27. The van der Waals surface area contributed by atoms with Crippen molar-refractivity contribution in [3.05, 3.63) is 124 Å². The smallest absolute Gasteiger partial charge is 0.326 e. The lowest BCUT2D eigenvalue weighted by Crippen LogP contribution is -2.29. The van der Waals surface area contributed by atoms with Crippen molar-refractivity contribution in [3.63, 3.8) is 0 Å². The van der Waals surface area contributed by atoms with E-state index in [2.05, 4.69) is 30.3 Å². The first-order valence-electron chi connectivity index (χ1n) is 14.5. The van der Waals surface area contributed by atoms with Gasteiger partial charge in [0.2, 0.25) is 0 Å². The van der Waals surface area contributed by atoms with Crippen LogP contribution in [0.1, 0.15) is 30.8 Å². The van der Waals surface area contributed by atoms with Gasteiger partial charge in [-0.05, 0) is 84.6 Å². The number of benzene rings is 4. The lowest BCUT2D eigenvalue weighted by Gasteiger charge is -2.15. The molecular formula is C35H30Cl2N4O4S. The molecule has 2 heterocycles. The maximum absolute atomic E-state index is 12.3. The average Bonchev–Trinajstić information content (AvgIpc) is 3.54. The number of amides is 1. The molecule has 1 saturated heterocycles. The number of halogens is 2. The molecule has 46 heavy (non-hydrogen) atoms. The molecule has 6 rings (SSSR count). The number of nitrogens with one attached hydrogen (secondary N) is 1. The molecule has 0 radical (unpaired) electrons. The van der Waals surface area contributed by atoms with Crippen LogP contribution < -0.4 is 13.8 Å². The number of rotatable bonds is 9. The van der Waals surface area contributed by atoms with E-state index in [1.807, 2.05) is 77.9 Å². The van der Waals surface area contributed by atoms with Crippen molar-refractivity contribution < 1.29 is 17.9 Å². The Bertz CT molecular complexity index is 2040. The van der Waals surface area contributed by atoms with E-state index in [-0.39, 0.29) is 12.6 Å². The Labute approximate surface area is 278 Å². The Morgan fingerprint density at radius 1 is 0.935 bits per heavy atom. The lowest BCUT2D eigenvalue weighted by atomic mass is 10.0. The predicted molar refractivity (Wildman–Crippen MR) is 184 cm³/mol. The number of imidazole rings is 1. The van der Waals surface area contributed by atoms with E-state index in [4.69, 9.17) is 32.9 Å². The van der Waals surface area contributed by atoms with E-state index >= 15 is 0 Å². The third-order valence-electron chi connectivity index (χ3n) is 7.29. The molecule has 1 N–H and O–H groups in total. The first kappa shape index (κ1) is 31.4. The summed E-state index contributed by atoms with van der Waals surface area (Å²) < 4.78 is 35.4. The zero-order valence-corrected chi connectivity index (χ0v) is 27.4. The number of anilines is 1. The van der Waals surface area contributed by atoms with Gasteiger partial charge in [0, 0.05) is 23.3 Å². The van der Waals surface area contributed by atoms with E-state index in [1.54, 1.807) is 24.3 Å². The van der Waals surface area contributed by atoms with Crippen LogP contribution >= 0.6 is 23.2 Å². The molecule has 8 nitrogen and oxygen atoms in total. The molecule has 1 aliphatic heterocycles. The summed E-state index contributed by atoms with van der Waals surface area (Å²) in [7, 11) is -3.88. The predicted octanol–water partition coefficient (Wildman–Crippen LogP) is 7.71. The van der Waals surface area contributed by atoms with Gasteiger partial charge in [0.25, 0.3) is 5.91 Å². The minimum absolute atomic E-state index is 0.101. The van der Waals surface area contributed by atoms with E-state index < -0.39 is 16.1 Å². The largest absolute Gasteiger partial charge is 0.491 e. The number of hydrogen-bond acceptors (Lipinski definition) is 5. The third-order valence-corrected chi connectivity index (χ3v) is 9.24. The molecule has 1 aromatic heterocycles. The Hall–Kier alpha value is -4.57. The zero-order valence-electron chi connectivity index (χ0n) is 25.0. The van der Waals surface area contributed by atoms with E-state index in [0.29, 0.717) is 33.8 Å². The van der Waals surface area contributed by atoms with Crippen LogP contribution in [0.5, 0.6) is 5.75 Å². The summed E-state index contributed by atoms with van der Waals surface area (Å²) >= 11 is 12.7. The topological polar surface area (TPSA) is 93.5 Å². The van der Waals surface area contributed by atoms with Crippen LogP contribution in [0, 0.1) is 0 Å². The van der Waals surface area contributed by atoms with Crippen molar-refractivity contribution >= 4 is 57.2 Å². The maximum atomic E-state index is 12.3. The first-order valence-corrected chi connectivity index (χ1v) is 16.7. The van der Waals surface area contributed by atoms with Crippen LogP contribution in [0.25, 0.3) is 34.5 Å². The van der Waals surface area contributed by atoms with Crippen LogP contribution in [0.2, 0.25) is 10.0 Å². The molecule has 0 atom stereocenters.